The van der Waals surface area contributed by atoms with Crippen LogP contribution in [0.25, 0.3) is 10.4 Å². The number of aromatic nitrogens is 1. The van der Waals surface area contributed by atoms with Gasteiger partial charge in [0.25, 0.3) is 5.91 Å². The Balaban J connectivity index is 1.63. The zero-order valence-corrected chi connectivity index (χ0v) is 21.8. The molecular formula is C25H27F2N3O5S2. The normalized spacial score (nSPS) is 16.9. The molecular weight excluding hydrogens is 524 g/mol. The number of amides is 1. The number of anilines is 2. The van der Waals surface area contributed by atoms with E-state index in [0.717, 1.165) is 23.5 Å². The molecule has 4 rings (SSSR count). The van der Waals surface area contributed by atoms with Crippen molar-refractivity contribution in [2.45, 2.75) is 38.4 Å². The number of benzene rings is 1. The van der Waals surface area contributed by atoms with Crippen LogP contribution in [0.4, 0.5) is 19.6 Å². The van der Waals surface area contributed by atoms with E-state index in [-0.39, 0.29) is 49.8 Å². The van der Waals surface area contributed by atoms with E-state index < -0.39 is 39.1 Å². The van der Waals surface area contributed by atoms with E-state index in [0.29, 0.717) is 18.5 Å². The molecule has 1 unspecified atom stereocenters. The van der Waals surface area contributed by atoms with Gasteiger partial charge in [-0.1, -0.05) is 6.07 Å². The Morgan fingerprint density at radius 1 is 1.19 bits per heavy atom. The first-order valence-electron chi connectivity index (χ1n) is 11.5. The van der Waals surface area contributed by atoms with Crippen LogP contribution in [-0.4, -0.2) is 41.0 Å². The van der Waals surface area contributed by atoms with Gasteiger partial charge in [0.05, 0.1) is 40.0 Å². The van der Waals surface area contributed by atoms with Crippen molar-refractivity contribution in [2.75, 3.05) is 16.8 Å². The maximum Gasteiger partial charge on any atom is 0.251 e. The summed E-state index contributed by atoms with van der Waals surface area (Å²) in [6.07, 6.45) is -0.331. The third-order valence-electron chi connectivity index (χ3n) is 6.35. The molecule has 198 valence electrons. The fourth-order valence-electron chi connectivity index (χ4n) is 4.22. The minimum Gasteiger partial charge on any atom is -0.387 e. The van der Waals surface area contributed by atoms with E-state index in [1.165, 1.54) is 19.9 Å². The lowest BCUT2D eigenvalue weighted by Gasteiger charge is -2.26. The topological polar surface area (TPSA) is 143 Å². The summed E-state index contributed by atoms with van der Waals surface area (Å²) < 4.78 is 53.2. The first-order valence-corrected chi connectivity index (χ1v) is 14.2. The Kier molecular flexibility index (Phi) is 7.39. The molecule has 0 saturated carbocycles. The number of nitrogens with two attached hydrogens (primary N) is 1. The lowest BCUT2D eigenvalue weighted by Crippen LogP contribution is -2.27. The van der Waals surface area contributed by atoms with Crippen LogP contribution in [0.3, 0.4) is 0 Å². The highest BCUT2D eigenvalue weighted by molar-refractivity contribution is 7.91. The zero-order valence-electron chi connectivity index (χ0n) is 20.2. The number of halogens is 2. The number of nitrogens with zero attached hydrogens (tertiary/aromatic N) is 1. The molecule has 1 fully saturated rings. The van der Waals surface area contributed by atoms with Gasteiger partial charge in [-0.25, -0.2) is 22.2 Å². The van der Waals surface area contributed by atoms with Crippen molar-refractivity contribution in [3.63, 3.8) is 0 Å². The number of carbonyl (C=O) groups excluding carboxylic acids is 1. The van der Waals surface area contributed by atoms with E-state index in [1.54, 1.807) is 18.2 Å². The average molecular weight is 552 g/mol. The second-order valence-corrected chi connectivity index (χ2v) is 13.0. The number of rotatable bonds is 7. The third kappa shape index (κ3) is 5.98. The fraction of sp³-hybridized carbons (Fsp3) is 0.360. The van der Waals surface area contributed by atoms with Crippen molar-refractivity contribution in [1.82, 2.24) is 4.98 Å². The standard InChI is InChI=1S/C25H27F2N3O5S2/c1-25(2,33)14-10-16(26)21(17(27)11-14)19-12-15(23(28)32)24(36-19)30-20-5-3-4-18(29-20)22(31)13-6-8-37(34,35)9-7-13/h3-5,10-13,22,31,33H,6-9H2,1-2H3,(H2,28,32)(H,29,30). The summed E-state index contributed by atoms with van der Waals surface area (Å²) in [5, 5.41) is 24.0. The second kappa shape index (κ2) is 10.1. The van der Waals surface area contributed by atoms with Crippen LogP contribution < -0.4 is 11.1 Å². The minimum absolute atomic E-state index is 0.00407. The summed E-state index contributed by atoms with van der Waals surface area (Å²) in [7, 11) is -3.08. The van der Waals surface area contributed by atoms with Crippen molar-refractivity contribution in [3.8, 4) is 10.4 Å². The van der Waals surface area contributed by atoms with Crippen molar-refractivity contribution < 1.29 is 32.2 Å². The number of thiophene rings is 1. The number of aliphatic hydroxyl groups is 2. The highest BCUT2D eigenvalue weighted by Crippen LogP contribution is 2.40. The number of carbonyl (C=O) groups is 1. The first kappa shape index (κ1) is 27.1. The molecule has 37 heavy (non-hydrogen) atoms. The molecule has 3 aromatic rings. The van der Waals surface area contributed by atoms with Gasteiger partial charge in [0, 0.05) is 4.88 Å². The number of pyridine rings is 1. The SMILES string of the molecule is CC(C)(O)c1cc(F)c(-c2cc(C(N)=O)c(Nc3cccc(C(O)C4CCS(=O)(=O)CC4)n3)s2)c(F)c1. The second-order valence-electron chi connectivity index (χ2n) is 9.60. The summed E-state index contributed by atoms with van der Waals surface area (Å²) in [6, 6.07) is 8.20. The molecule has 0 aliphatic carbocycles. The largest absolute Gasteiger partial charge is 0.387 e. The first-order chi connectivity index (χ1) is 17.2. The molecule has 1 atom stereocenters. The number of nitrogens with one attached hydrogen (secondary N) is 1. The van der Waals surface area contributed by atoms with Gasteiger partial charge in [-0.05, 0) is 68.5 Å². The van der Waals surface area contributed by atoms with E-state index in [2.05, 4.69) is 10.3 Å². The van der Waals surface area contributed by atoms with Gasteiger partial charge in [-0.15, -0.1) is 11.3 Å². The van der Waals surface area contributed by atoms with Crippen molar-refractivity contribution in [2.24, 2.45) is 11.7 Å². The number of primary amides is 1. The predicted octanol–water partition coefficient (Wildman–Crippen LogP) is 4.02. The fourth-order valence-corrected chi connectivity index (χ4v) is 6.87. The number of sulfone groups is 1. The number of aliphatic hydroxyl groups excluding tert-OH is 1. The highest BCUT2D eigenvalue weighted by atomic mass is 32.2. The quantitative estimate of drug-likeness (QED) is 0.347. The molecule has 0 radical (unpaired) electrons. The summed E-state index contributed by atoms with van der Waals surface area (Å²) in [6.45, 7) is 2.82. The minimum atomic E-state index is -3.08. The summed E-state index contributed by atoms with van der Waals surface area (Å²) >= 11 is 0.896. The van der Waals surface area contributed by atoms with Crippen molar-refractivity contribution in [3.05, 3.63) is 64.9 Å². The zero-order chi connectivity index (χ0) is 27.1. The maximum atomic E-state index is 14.9. The molecule has 1 aliphatic heterocycles. The lowest BCUT2D eigenvalue weighted by atomic mass is 9.93. The van der Waals surface area contributed by atoms with E-state index in [9.17, 15) is 32.2 Å². The van der Waals surface area contributed by atoms with E-state index in [4.69, 9.17) is 5.73 Å². The van der Waals surface area contributed by atoms with Crippen LogP contribution in [0.15, 0.2) is 36.4 Å². The molecule has 8 nitrogen and oxygen atoms in total. The van der Waals surface area contributed by atoms with Crippen LogP contribution in [0.5, 0.6) is 0 Å². The monoisotopic (exact) mass is 551 g/mol. The molecule has 3 heterocycles. The van der Waals surface area contributed by atoms with Gasteiger partial charge in [-0.3, -0.25) is 4.79 Å². The Labute approximate surface area is 217 Å². The summed E-state index contributed by atoms with van der Waals surface area (Å²) in [4.78, 5) is 16.6. The van der Waals surface area contributed by atoms with E-state index >= 15 is 0 Å². The Hall–Kier alpha value is -2.93. The van der Waals surface area contributed by atoms with Crippen LogP contribution in [0.2, 0.25) is 0 Å². The number of hydrogen-bond acceptors (Lipinski definition) is 8. The Morgan fingerprint density at radius 2 is 1.81 bits per heavy atom. The predicted molar refractivity (Wildman–Crippen MR) is 137 cm³/mol. The highest BCUT2D eigenvalue weighted by Gasteiger charge is 2.30. The smallest absolute Gasteiger partial charge is 0.251 e. The van der Waals surface area contributed by atoms with Crippen LogP contribution in [0.1, 0.15) is 54.4 Å². The van der Waals surface area contributed by atoms with Crippen LogP contribution >= 0.6 is 11.3 Å². The lowest BCUT2D eigenvalue weighted by molar-refractivity contribution is 0.0778. The third-order valence-corrected chi connectivity index (χ3v) is 9.14. The van der Waals surface area contributed by atoms with Crippen molar-refractivity contribution >= 4 is 37.9 Å². The molecule has 0 bridgehead atoms. The van der Waals surface area contributed by atoms with Gasteiger partial charge in [0.15, 0.2) is 0 Å². The van der Waals surface area contributed by atoms with Gasteiger partial charge in [0.2, 0.25) is 0 Å². The van der Waals surface area contributed by atoms with Gasteiger partial charge >= 0.3 is 0 Å². The molecule has 1 aromatic carbocycles. The summed E-state index contributed by atoms with van der Waals surface area (Å²) in [5.74, 6) is -2.61. The van der Waals surface area contributed by atoms with Gasteiger partial charge < -0.3 is 21.3 Å². The molecule has 1 saturated heterocycles. The molecule has 12 heteroatoms. The number of hydrogen-bond donors (Lipinski definition) is 4. The Bertz CT molecular complexity index is 1410. The maximum absolute atomic E-state index is 14.9. The van der Waals surface area contributed by atoms with Crippen LogP contribution in [0, 0.1) is 17.6 Å². The van der Waals surface area contributed by atoms with E-state index in [1.807, 2.05) is 0 Å². The molecule has 0 spiro atoms. The molecule has 5 N–H and O–H groups in total. The molecule has 1 aliphatic rings. The van der Waals surface area contributed by atoms with Crippen molar-refractivity contribution in [1.29, 1.82) is 0 Å². The van der Waals surface area contributed by atoms with Gasteiger partial charge in [-0.2, -0.15) is 0 Å². The molecule has 1 amide bonds. The van der Waals surface area contributed by atoms with Crippen LogP contribution in [-0.2, 0) is 15.4 Å². The average Bonchev–Trinajstić information content (AvgIpc) is 3.21. The summed E-state index contributed by atoms with van der Waals surface area (Å²) in [5.41, 5.74) is 4.08. The molecule has 2 aromatic heterocycles. The van der Waals surface area contributed by atoms with Gasteiger partial charge in [0.1, 0.15) is 32.3 Å². The Morgan fingerprint density at radius 3 is 2.38 bits per heavy atom.